The van der Waals surface area contributed by atoms with E-state index >= 15 is 0 Å². The number of carbonyl (C=O) groups is 2. The lowest BCUT2D eigenvalue weighted by atomic mass is 9.90. The summed E-state index contributed by atoms with van der Waals surface area (Å²) >= 11 is 0. The molecule has 2 rings (SSSR count). The summed E-state index contributed by atoms with van der Waals surface area (Å²) in [6.45, 7) is 10.6. The molecule has 0 radical (unpaired) electrons. The van der Waals surface area contributed by atoms with Gasteiger partial charge in [-0.05, 0) is 26.7 Å². The summed E-state index contributed by atoms with van der Waals surface area (Å²) in [6.07, 6.45) is -0.787. The minimum Gasteiger partial charge on any atom is -0.419 e. The summed E-state index contributed by atoms with van der Waals surface area (Å²) in [5.41, 5.74) is -1.84. The minimum atomic E-state index is -0.921. The van der Waals surface area contributed by atoms with E-state index in [9.17, 15) is 9.59 Å². The number of carbonyl (C=O) groups excluding carboxylic acids is 2. The van der Waals surface area contributed by atoms with Crippen molar-refractivity contribution in [2.75, 3.05) is 0 Å². The zero-order valence-corrected chi connectivity index (χ0v) is 10.3. The quantitative estimate of drug-likeness (QED) is 0.721. The van der Waals surface area contributed by atoms with Crippen LogP contribution in [0.4, 0.5) is 9.59 Å². The topological polar surface area (TPSA) is 71.1 Å². The monoisotopic (exact) mass is 254 g/mol. The van der Waals surface area contributed by atoms with Crippen LogP contribution < -0.4 is 0 Å². The molecule has 98 valence electrons. The van der Waals surface area contributed by atoms with Gasteiger partial charge in [0.05, 0.1) is 0 Å². The van der Waals surface area contributed by atoms with E-state index in [0.29, 0.717) is 12.8 Å². The Morgan fingerprint density at radius 1 is 0.889 bits per heavy atom. The molecule has 0 aromatic rings. The van der Waals surface area contributed by atoms with Gasteiger partial charge in [0, 0.05) is 0 Å². The fourth-order valence-electron chi connectivity index (χ4n) is 1.80. The zero-order valence-electron chi connectivity index (χ0n) is 10.3. The maximum atomic E-state index is 11.0. The van der Waals surface area contributed by atoms with Crippen molar-refractivity contribution in [2.24, 2.45) is 0 Å². The lowest BCUT2D eigenvalue weighted by Gasteiger charge is -2.26. The highest BCUT2D eigenvalue weighted by Crippen LogP contribution is 2.39. The standard InChI is InChI=1S/C12H14O6/c1-7-11(3,17-9(13)15-7)5-6-12(4)8(2)16-10(14)18-12/h1-2,5-6H2,3-4H3. The summed E-state index contributed by atoms with van der Waals surface area (Å²) in [4.78, 5) is 22.1. The zero-order chi connectivity index (χ0) is 13.6. The summed E-state index contributed by atoms with van der Waals surface area (Å²) in [5, 5.41) is 0. The molecule has 0 spiro atoms. The second-order valence-electron chi connectivity index (χ2n) is 4.72. The van der Waals surface area contributed by atoms with Gasteiger partial charge in [-0.2, -0.15) is 0 Å². The van der Waals surface area contributed by atoms with Gasteiger partial charge in [-0.3, -0.25) is 0 Å². The van der Waals surface area contributed by atoms with Gasteiger partial charge in [0.1, 0.15) is 11.5 Å². The van der Waals surface area contributed by atoms with E-state index in [1.54, 1.807) is 13.8 Å². The lowest BCUT2D eigenvalue weighted by molar-refractivity contribution is 0.0352. The van der Waals surface area contributed by atoms with Crippen molar-refractivity contribution < 1.29 is 28.5 Å². The van der Waals surface area contributed by atoms with Crippen LogP contribution in [-0.2, 0) is 18.9 Å². The van der Waals surface area contributed by atoms with E-state index in [1.807, 2.05) is 0 Å². The van der Waals surface area contributed by atoms with Crippen LogP contribution in [0.15, 0.2) is 24.7 Å². The average Bonchev–Trinajstić information content (AvgIpc) is 2.64. The Morgan fingerprint density at radius 3 is 1.44 bits per heavy atom. The fourth-order valence-corrected chi connectivity index (χ4v) is 1.80. The third-order valence-electron chi connectivity index (χ3n) is 3.29. The molecular formula is C12H14O6. The van der Waals surface area contributed by atoms with Crippen molar-refractivity contribution in [1.82, 2.24) is 0 Å². The molecule has 0 aliphatic carbocycles. The molecule has 2 saturated heterocycles. The van der Waals surface area contributed by atoms with Gasteiger partial charge in [0.25, 0.3) is 0 Å². The Morgan fingerprint density at radius 2 is 1.22 bits per heavy atom. The number of ether oxygens (including phenoxy) is 4. The third kappa shape index (κ3) is 1.94. The van der Waals surface area contributed by atoms with Gasteiger partial charge in [0.2, 0.25) is 0 Å². The second kappa shape index (κ2) is 3.76. The second-order valence-corrected chi connectivity index (χ2v) is 4.72. The van der Waals surface area contributed by atoms with Gasteiger partial charge in [-0.15, -0.1) is 0 Å². The molecule has 6 nitrogen and oxygen atoms in total. The highest BCUT2D eigenvalue weighted by molar-refractivity contribution is 5.67. The third-order valence-corrected chi connectivity index (χ3v) is 3.29. The Hall–Kier alpha value is -1.98. The maximum Gasteiger partial charge on any atom is 0.514 e. The van der Waals surface area contributed by atoms with E-state index in [4.69, 9.17) is 18.9 Å². The van der Waals surface area contributed by atoms with E-state index in [0.717, 1.165) is 0 Å². The molecule has 2 heterocycles. The molecule has 2 aliphatic heterocycles. The summed E-state index contributed by atoms with van der Waals surface area (Å²) in [6, 6.07) is 0. The summed E-state index contributed by atoms with van der Waals surface area (Å²) < 4.78 is 19.6. The molecule has 0 N–H and O–H groups in total. The van der Waals surface area contributed by atoms with Crippen LogP contribution in [-0.4, -0.2) is 23.5 Å². The molecular weight excluding hydrogens is 240 g/mol. The van der Waals surface area contributed by atoms with E-state index in [1.165, 1.54) is 0 Å². The highest BCUT2D eigenvalue weighted by Gasteiger charge is 2.48. The first kappa shape index (κ1) is 12.5. The van der Waals surface area contributed by atoms with Crippen LogP contribution in [0.2, 0.25) is 0 Å². The minimum absolute atomic E-state index is 0.243. The normalized spacial score (nSPS) is 35.0. The Labute approximate surface area is 104 Å². The van der Waals surface area contributed by atoms with E-state index < -0.39 is 23.5 Å². The molecule has 0 aromatic heterocycles. The number of hydrogen-bond acceptors (Lipinski definition) is 6. The van der Waals surface area contributed by atoms with E-state index in [2.05, 4.69) is 13.2 Å². The van der Waals surface area contributed by atoms with Gasteiger partial charge in [0.15, 0.2) is 11.2 Å². The number of hydrogen-bond donors (Lipinski definition) is 0. The molecule has 2 unspecified atom stereocenters. The Bertz CT molecular complexity index is 411. The molecule has 18 heavy (non-hydrogen) atoms. The van der Waals surface area contributed by atoms with Crippen LogP contribution >= 0.6 is 0 Å². The average molecular weight is 254 g/mol. The Kier molecular flexibility index (Phi) is 2.61. The predicted molar refractivity (Wildman–Crippen MR) is 59.5 cm³/mol. The maximum absolute atomic E-state index is 11.0. The first-order valence-corrected chi connectivity index (χ1v) is 5.46. The highest BCUT2D eigenvalue weighted by atomic mass is 16.8. The van der Waals surface area contributed by atoms with Crippen molar-refractivity contribution in [3.8, 4) is 0 Å². The van der Waals surface area contributed by atoms with Crippen molar-refractivity contribution >= 4 is 12.3 Å². The molecule has 0 saturated carbocycles. The van der Waals surface area contributed by atoms with Gasteiger partial charge >= 0.3 is 12.3 Å². The number of cyclic esters (lactones) is 4. The summed E-state index contributed by atoms with van der Waals surface area (Å²) in [7, 11) is 0. The van der Waals surface area contributed by atoms with Crippen molar-refractivity contribution in [3.05, 3.63) is 24.7 Å². The Balaban J connectivity index is 2.04. The molecule has 0 amide bonds. The SMILES string of the molecule is C=C1OC(=O)OC1(C)CCC1(C)OC(=O)OC1=C. The fraction of sp³-hybridized carbons (Fsp3) is 0.500. The van der Waals surface area contributed by atoms with Crippen molar-refractivity contribution in [3.63, 3.8) is 0 Å². The first-order valence-electron chi connectivity index (χ1n) is 5.46. The number of rotatable bonds is 3. The van der Waals surface area contributed by atoms with Crippen LogP contribution in [0.25, 0.3) is 0 Å². The van der Waals surface area contributed by atoms with Gasteiger partial charge in [-0.1, -0.05) is 13.2 Å². The summed E-state index contributed by atoms with van der Waals surface area (Å²) in [5.74, 6) is 0.485. The molecule has 2 aliphatic rings. The van der Waals surface area contributed by atoms with E-state index in [-0.39, 0.29) is 11.5 Å². The molecule has 2 fully saturated rings. The lowest BCUT2D eigenvalue weighted by Crippen LogP contribution is -2.32. The van der Waals surface area contributed by atoms with Crippen molar-refractivity contribution in [1.29, 1.82) is 0 Å². The van der Waals surface area contributed by atoms with Crippen molar-refractivity contribution in [2.45, 2.75) is 37.9 Å². The molecule has 6 heteroatoms. The van der Waals surface area contributed by atoms with Crippen LogP contribution in [0.5, 0.6) is 0 Å². The smallest absolute Gasteiger partial charge is 0.419 e. The van der Waals surface area contributed by atoms with Crippen LogP contribution in [0, 0.1) is 0 Å². The molecule has 0 aromatic carbocycles. The molecule has 0 bridgehead atoms. The predicted octanol–water partition coefficient (Wildman–Crippen LogP) is 2.65. The van der Waals surface area contributed by atoms with Gasteiger partial charge in [-0.25, -0.2) is 9.59 Å². The molecule has 2 atom stereocenters. The first-order chi connectivity index (χ1) is 8.25. The van der Waals surface area contributed by atoms with Crippen LogP contribution in [0.3, 0.4) is 0 Å². The van der Waals surface area contributed by atoms with Crippen LogP contribution in [0.1, 0.15) is 26.7 Å². The largest absolute Gasteiger partial charge is 0.514 e. The van der Waals surface area contributed by atoms with Gasteiger partial charge < -0.3 is 18.9 Å².